The fourth-order valence-electron chi connectivity index (χ4n) is 3.30. The molecule has 6 nitrogen and oxygen atoms in total. The van der Waals surface area contributed by atoms with Gasteiger partial charge in [0.1, 0.15) is 5.75 Å². The van der Waals surface area contributed by atoms with Gasteiger partial charge in [-0.15, -0.1) is 10.2 Å². The summed E-state index contributed by atoms with van der Waals surface area (Å²) in [5.41, 5.74) is 3.96. The van der Waals surface area contributed by atoms with E-state index in [0.29, 0.717) is 0 Å². The summed E-state index contributed by atoms with van der Waals surface area (Å²) in [5.74, 6) is 1.56. The van der Waals surface area contributed by atoms with Crippen molar-refractivity contribution in [1.82, 2.24) is 14.8 Å². The summed E-state index contributed by atoms with van der Waals surface area (Å²) in [7, 11) is 1.65. The van der Waals surface area contributed by atoms with Crippen LogP contribution in [0.5, 0.6) is 5.75 Å². The third-order valence-corrected chi connectivity index (χ3v) is 6.26. The number of hydrogen-bond acceptors (Lipinski definition) is 5. The van der Waals surface area contributed by atoms with Gasteiger partial charge in [-0.05, 0) is 62.6 Å². The third kappa shape index (κ3) is 5.47. The van der Waals surface area contributed by atoms with Crippen LogP contribution in [-0.4, -0.2) is 33.0 Å². The number of methoxy groups -OCH3 is 1. The first-order chi connectivity index (χ1) is 14.9. The number of nitrogens with one attached hydrogen (secondary N) is 1. The number of aryl methyl sites for hydroxylation is 2. The van der Waals surface area contributed by atoms with E-state index in [1.54, 1.807) is 7.11 Å². The highest BCUT2D eigenvalue weighted by molar-refractivity contribution is 8.00. The molecule has 1 N–H and O–H groups in total. The van der Waals surface area contributed by atoms with Gasteiger partial charge in [-0.25, -0.2) is 0 Å². The Morgan fingerprint density at radius 2 is 1.81 bits per heavy atom. The first kappa shape index (κ1) is 22.9. The number of benzene rings is 2. The van der Waals surface area contributed by atoms with E-state index in [4.69, 9.17) is 4.74 Å². The molecule has 0 fully saturated rings. The number of ether oxygens (including phenoxy) is 1. The predicted octanol–water partition coefficient (Wildman–Crippen LogP) is 5.49. The minimum absolute atomic E-state index is 0.0431. The number of hydrogen-bond donors (Lipinski definition) is 1. The highest BCUT2D eigenvalue weighted by Gasteiger charge is 2.21. The summed E-state index contributed by atoms with van der Waals surface area (Å²) < 4.78 is 7.37. The Morgan fingerprint density at radius 1 is 1.13 bits per heavy atom. The maximum absolute atomic E-state index is 12.9. The second-order valence-corrected chi connectivity index (χ2v) is 8.86. The summed E-state index contributed by atoms with van der Waals surface area (Å²) in [6.07, 6.45) is 2.07. The molecule has 0 aliphatic heterocycles. The van der Waals surface area contributed by atoms with Gasteiger partial charge in [0.2, 0.25) is 5.91 Å². The number of thioether (sulfide) groups is 1. The van der Waals surface area contributed by atoms with Gasteiger partial charge in [0.05, 0.1) is 12.4 Å². The molecule has 1 amide bonds. The number of carbonyl (C=O) groups excluding carboxylic acids is 1. The minimum atomic E-state index is -0.313. The zero-order valence-corrected chi connectivity index (χ0v) is 19.6. The number of aromatic nitrogens is 3. The Kier molecular flexibility index (Phi) is 7.74. The van der Waals surface area contributed by atoms with Crippen molar-refractivity contribution in [1.29, 1.82) is 0 Å². The van der Waals surface area contributed by atoms with Crippen LogP contribution >= 0.6 is 11.8 Å². The van der Waals surface area contributed by atoms with Gasteiger partial charge in [0.25, 0.3) is 0 Å². The van der Waals surface area contributed by atoms with E-state index in [1.807, 2.05) is 63.2 Å². The summed E-state index contributed by atoms with van der Waals surface area (Å²) >= 11 is 1.44. The van der Waals surface area contributed by atoms with Gasteiger partial charge >= 0.3 is 0 Å². The lowest BCUT2D eigenvalue weighted by atomic mass is 10.1. The topological polar surface area (TPSA) is 69.0 Å². The molecular formula is C24H30N4O2S. The molecule has 7 heteroatoms. The second-order valence-electron chi connectivity index (χ2n) is 7.56. The zero-order valence-electron chi connectivity index (χ0n) is 18.8. The van der Waals surface area contributed by atoms with Crippen LogP contribution in [0.1, 0.15) is 37.8 Å². The molecule has 31 heavy (non-hydrogen) atoms. The minimum Gasteiger partial charge on any atom is -0.497 e. The number of nitrogens with zero attached hydrogens (tertiary/aromatic N) is 3. The van der Waals surface area contributed by atoms with E-state index in [0.717, 1.165) is 58.5 Å². The lowest BCUT2D eigenvalue weighted by Crippen LogP contribution is -2.24. The first-order valence-corrected chi connectivity index (χ1v) is 11.4. The van der Waals surface area contributed by atoms with Crippen LogP contribution in [-0.2, 0) is 11.3 Å². The SMILES string of the molecule is CCCCn1c(SC(C)C(=O)Nc2c(C)cccc2C)nnc1-c1ccc(OC)cc1. The second kappa shape index (κ2) is 10.5. The van der Waals surface area contributed by atoms with Crippen molar-refractivity contribution in [3.05, 3.63) is 53.6 Å². The third-order valence-electron chi connectivity index (χ3n) is 5.18. The summed E-state index contributed by atoms with van der Waals surface area (Å²) in [5, 5.41) is 12.4. The van der Waals surface area contributed by atoms with E-state index in [9.17, 15) is 4.79 Å². The van der Waals surface area contributed by atoms with Crippen molar-refractivity contribution in [3.63, 3.8) is 0 Å². The summed E-state index contributed by atoms with van der Waals surface area (Å²) in [6.45, 7) is 8.87. The summed E-state index contributed by atoms with van der Waals surface area (Å²) in [6, 6.07) is 13.8. The average Bonchev–Trinajstić information content (AvgIpc) is 3.17. The molecule has 0 aliphatic rings. The van der Waals surface area contributed by atoms with Gasteiger partial charge in [0, 0.05) is 17.8 Å². The van der Waals surface area contributed by atoms with Crippen LogP contribution in [0, 0.1) is 13.8 Å². The van der Waals surface area contributed by atoms with Crippen molar-refractivity contribution in [3.8, 4) is 17.1 Å². The first-order valence-electron chi connectivity index (χ1n) is 10.6. The number of carbonyl (C=O) groups is 1. The van der Waals surface area contributed by atoms with E-state index in [-0.39, 0.29) is 11.2 Å². The zero-order chi connectivity index (χ0) is 22.4. The van der Waals surface area contributed by atoms with Gasteiger partial charge < -0.3 is 14.6 Å². The molecule has 1 atom stereocenters. The van der Waals surface area contributed by atoms with E-state index in [2.05, 4.69) is 27.0 Å². The Bertz CT molecular complexity index is 1010. The molecule has 1 heterocycles. The van der Waals surface area contributed by atoms with Crippen LogP contribution in [0.4, 0.5) is 5.69 Å². The fourth-order valence-corrected chi connectivity index (χ4v) is 4.17. The number of unbranched alkanes of at least 4 members (excludes halogenated alkanes) is 1. The summed E-state index contributed by atoms with van der Waals surface area (Å²) in [4.78, 5) is 12.9. The molecular weight excluding hydrogens is 408 g/mol. The molecule has 1 aromatic heterocycles. The van der Waals surface area contributed by atoms with Gasteiger partial charge in [-0.2, -0.15) is 0 Å². The maximum Gasteiger partial charge on any atom is 0.237 e. The van der Waals surface area contributed by atoms with Crippen LogP contribution in [0.2, 0.25) is 0 Å². The highest BCUT2D eigenvalue weighted by Crippen LogP contribution is 2.29. The maximum atomic E-state index is 12.9. The molecule has 0 bridgehead atoms. The van der Waals surface area contributed by atoms with Crippen LogP contribution in [0.3, 0.4) is 0 Å². The number of rotatable bonds is 9. The Balaban J connectivity index is 1.81. The lowest BCUT2D eigenvalue weighted by molar-refractivity contribution is -0.115. The van der Waals surface area contributed by atoms with Crippen molar-refractivity contribution in [2.45, 2.75) is 57.5 Å². The number of amides is 1. The molecule has 0 radical (unpaired) electrons. The Morgan fingerprint density at radius 3 is 2.42 bits per heavy atom. The highest BCUT2D eigenvalue weighted by atomic mass is 32.2. The Labute approximate surface area is 188 Å². The van der Waals surface area contributed by atoms with E-state index in [1.165, 1.54) is 11.8 Å². The standard InChI is InChI=1S/C24H30N4O2S/c1-6-7-15-28-22(19-11-13-20(30-5)14-12-19)26-27-24(28)31-18(4)23(29)25-21-16(2)9-8-10-17(21)3/h8-14,18H,6-7,15H2,1-5H3,(H,25,29). The van der Waals surface area contributed by atoms with Gasteiger partial charge in [-0.3, -0.25) is 4.79 Å². The molecule has 0 saturated heterocycles. The van der Waals surface area contributed by atoms with E-state index < -0.39 is 0 Å². The van der Waals surface area contributed by atoms with Gasteiger partial charge in [-0.1, -0.05) is 43.3 Å². The molecule has 2 aromatic carbocycles. The van der Waals surface area contributed by atoms with Crippen molar-refractivity contribution < 1.29 is 9.53 Å². The van der Waals surface area contributed by atoms with Gasteiger partial charge in [0.15, 0.2) is 11.0 Å². The van der Waals surface area contributed by atoms with Crippen LogP contribution in [0.15, 0.2) is 47.6 Å². The van der Waals surface area contributed by atoms with Crippen molar-refractivity contribution in [2.75, 3.05) is 12.4 Å². The van der Waals surface area contributed by atoms with Crippen molar-refractivity contribution in [2.24, 2.45) is 0 Å². The number of anilines is 1. The molecule has 0 spiro atoms. The predicted molar refractivity (Wildman–Crippen MR) is 127 cm³/mol. The molecule has 0 saturated carbocycles. The lowest BCUT2D eigenvalue weighted by Gasteiger charge is -2.16. The van der Waals surface area contributed by atoms with E-state index >= 15 is 0 Å². The number of para-hydroxylation sites is 1. The molecule has 3 rings (SSSR count). The molecule has 0 aliphatic carbocycles. The molecule has 3 aromatic rings. The Hall–Kier alpha value is -2.80. The normalized spacial score (nSPS) is 11.9. The average molecular weight is 439 g/mol. The monoisotopic (exact) mass is 438 g/mol. The van der Waals surface area contributed by atoms with Crippen LogP contribution < -0.4 is 10.1 Å². The van der Waals surface area contributed by atoms with Crippen LogP contribution in [0.25, 0.3) is 11.4 Å². The smallest absolute Gasteiger partial charge is 0.237 e. The quantitative estimate of drug-likeness (QED) is 0.447. The molecule has 1 unspecified atom stereocenters. The fraction of sp³-hybridized carbons (Fsp3) is 0.375. The molecule has 164 valence electrons. The van der Waals surface area contributed by atoms with Crippen molar-refractivity contribution >= 4 is 23.4 Å². The largest absolute Gasteiger partial charge is 0.497 e.